The lowest BCUT2D eigenvalue weighted by atomic mass is 10.0. The van der Waals surface area contributed by atoms with Crippen LogP contribution in [0.1, 0.15) is 22.3 Å². The van der Waals surface area contributed by atoms with Crippen molar-refractivity contribution in [1.82, 2.24) is 0 Å². The molecule has 0 atom stereocenters. The average molecular weight is 295 g/mol. The van der Waals surface area contributed by atoms with Gasteiger partial charge in [0.1, 0.15) is 6.61 Å². The summed E-state index contributed by atoms with van der Waals surface area (Å²) < 4.78 is 5.72. The van der Waals surface area contributed by atoms with E-state index in [0.717, 1.165) is 17.7 Å². The molecule has 0 amide bonds. The highest BCUT2D eigenvalue weighted by atomic mass is 16.5. The molecule has 0 radical (unpaired) electrons. The molecule has 4 heteroatoms. The summed E-state index contributed by atoms with van der Waals surface area (Å²) in [6, 6.07) is 15.1. The summed E-state index contributed by atoms with van der Waals surface area (Å²) in [5.41, 5.74) is 11.6. The van der Waals surface area contributed by atoms with Crippen LogP contribution in [0, 0.1) is 6.92 Å². The zero-order chi connectivity index (χ0) is 15.4. The van der Waals surface area contributed by atoms with Crippen LogP contribution in [0.5, 0.6) is 0 Å². The number of anilines is 1. The molecule has 22 heavy (non-hydrogen) atoms. The fraction of sp³-hybridized carbons (Fsp3) is 0.278. The number of benzene rings is 2. The van der Waals surface area contributed by atoms with E-state index in [1.807, 2.05) is 18.2 Å². The molecule has 4 nitrogen and oxygen atoms in total. The molecule has 0 fully saturated rings. The highest BCUT2D eigenvalue weighted by Crippen LogP contribution is 2.27. The van der Waals surface area contributed by atoms with Crippen LogP contribution in [-0.2, 0) is 24.3 Å². The third-order valence-electron chi connectivity index (χ3n) is 4.02. The molecule has 1 heterocycles. The molecular weight excluding hydrogens is 274 g/mol. The number of rotatable bonds is 4. The molecule has 0 spiro atoms. The predicted molar refractivity (Wildman–Crippen MR) is 89.9 cm³/mol. The van der Waals surface area contributed by atoms with Gasteiger partial charge in [-0.05, 0) is 36.1 Å². The normalized spacial score (nSPS) is 15.1. The SMILES string of the molecule is Cc1c(CN)ccc2c1COC(=NCCc1ccccc1)N2. The van der Waals surface area contributed by atoms with Crippen LogP contribution >= 0.6 is 0 Å². The van der Waals surface area contributed by atoms with Crippen molar-refractivity contribution in [3.05, 3.63) is 64.7 Å². The number of hydrogen-bond donors (Lipinski definition) is 2. The Balaban J connectivity index is 1.67. The van der Waals surface area contributed by atoms with Crippen molar-refractivity contribution in [3.63, 3.8) is 0 Å². The first-order valence-electron chi connectivity index (χ1n) is 7.57. The van der Waals surface area contributed by atoms with E-state index < -0.39 is 0 Å². The van der Waals surface area contributed by atoms with E-state index in [-0.39, 0.29) is 0 Å². The average Bonchev–Trinajstić information content (AvgIpc) is 2.56. The van der Waals surface area contributed by atoms with E-state index in [1.165, 1.54) is 16.7 Å². The fourth-order valence-corrected chi connectivity index (χ4v) is 2.64. The summed E-state index contributed by atoms with van der Waals surface area (Å²) in [6.07, 6.45) is 0.910. The van der Waals surface area contributed by atoms with Crippen LogP contribution in [0.15, 0.2) is 47.5 Å². The van der Waals surface area contributed by atoms with Crippen molar-refractivity contribution in [2.45, 2.75) is 26.5 Å². The second kappa shape index (κ2) is 6.62. The Morgan fingerprint density at radius 3 is 2.77 bits per heavy atom. The zero-order valence-electron chi connectivity index (χ0n) is 12.8. The van der Waals surface area contributed by atoms with Crippen LogP contribution in [0.2, 0.25) is 0 Å². The lowest BCUT2D eigenvalue weighted by Gasteiger charge is -2.23. The minimum absolute atomic E-state index is 0.548. The summed E-state index contributed by atoms with van der Waals surface area (Å²) in [6.45, 7) is 3.90. The summed E-state index contributed by atoms with van der Waals surface area (Å²) in [5.74, 6) is 0. The zero-order valence-corrected chi connectivity index (χ0v) is 12.8. The molecule has 3 rings (SSSR count). The van der Waals surface area contributed by atoms with E-state index in [1.54, 1.807) is 0 Å². The first-order chi connectivity index (χ1) is 10.8. The van der Waals surface area contributed by atoms with Gasteiger partial charge in [-0.2, -0.15) is 0 Å². The summed E-state index contributed by atoms with van der Waals surface area (Å²) in [4.78, 5) is 4.51. The quantitative estimate of drug-likeness (QED) is 0.911. The largest absolute Gasteiger partial charge is 0.460 e. The number of hydrogen-bond acceptors (Lipinski definition) is 3. The van der Waals surface area contributed by atoms with Crippen molar-refractivity contribution in [2.75, 3.05) is 11.9 Å². The van der Waals surface area contributed by atoms with Gasteiger partial charge in [-0.25, -0.2) is 4.99 Å². The second-order valence-electron chi connectivity index (χ2n) is 5.42. The minimum atomic E-state index is 0.548. The maximum Gasteiger partial charge on any atom is 0.289 e. The summed E-state index contributed by atoms with van der Waals surface area (Å²) in [5, 5.41) is 3.26. The van der Waals surface area contributed by atoms with Crippen LogP contribution in [0.25, 0.3) is 0 Å². The molecule has 0 bridgehead atoms. The van der Waals surface area contributed by atoms with Crippen molar-refractivity contribution in [3.8, 4) is 0 Å². The van der Waals surface area contributed by atoms with Gasteiger partial charge in [0.15, 0.2) is 0 Å². The van der Waals surface area contributed by atoms with Gasteiger partial charge in [-0.3, -0.25) is 0 Å². The smallest absolute Gasteiger partial charge is 0.289 e. The van der Waals surface area contributed by atoms with Crippen molar-refractivity contribution >= 4 is 11.7 Å². The number of amidine groups is 1. The number of nitrogens with zero attached hydrogens (tertiary/aromatic N) is 1. The second-order valence-corrected chi connectivity index (χ2v) is 5.42. The fourth-order valence-electron chi connectivity index (χ4n) is 2.64. The molecule has 2 aromatic rings. The molecule has 1 aliphatic rings. The van der Waals surface area contributed by atoms with Gasteiger partial charge in [-0.1, -0.05) is 36.4 Å². The van der Waals surface area contributed by atoms with Crippen LogP contribution in [0.4, 0.5) is 5.69 Å². The van der Waals surface area contributed by atoms with Gasteiger partial charge < -0.3 is 15.8 Å². The number of fused-ring (bicyclic) bond motifs is 1. The molecular formula is C18H21N3O. The molecule has 114 valence electrons. The Bertz CT molecular complexity index is 680. The van der Waals surface area contributed by atoms with E-state index >= 15 is 0 Å². The molecule has 1 aliphatic heterocycles. The summed E-state index contributed by atoms with van der Waals surface area (Å²) >= 11 is 0. The first kappa shape index (κ1) is 14.6. The molecule has 0 unspecified atom stereocenters. The van der Waals surface area contributed by atoms with Crippen LogP contribution < -0.4 is 11.1 Å². The number of ether oxygens (including phenoxy) is 1. The third kappa shape index (κ3) is 3.12. The molecule has 0 aliphatic carbocycles. The van der Waals surface area contributed by atoms with E-state index in [0.29, 0.717) is 25.7 Å². The minimum Gasteiger partial charge on any atom is -0.460 e. The van der Waals surface area contributed by atoms with E-state index in [9.17, 15) is 0 Å². The first-order valence-corrected chi connectivity index (χ1v) is 7.57. The number of aliphatic imine (C=N–C) groups is 1. The van der Waals surface area contributed by atoms with Crippen molar-refractivity contribution in [2.24, 2.45) is 10.7 Å². The molecule has 0 saturated heterocycles. The summed E-state index contributed by atoms with van der Waals surface area (Å²) in [7, 11) is 0. The van der Waals surface area contributed by atoms with Crippen molar-refractivity contribution < 1.29 is 4.74 Å². The van der Waals surface area contributed by atoms with Gasteiger partial charge in [0, 0.05) is 24.3 Å². The lowest BCUT2D eigenvalue weighted by molar-refractivity contribution is 0.283. The van der Waals surface area contributed by atoms with E-state index in [4.69, 9.17) is 10.5 Å². The van der Waals surface area contributed by atoms with Gasteiger partial charge in [0.25, 0.3) is 6.02 Å². The molecule has 0 saturated carbocycles. The molecule has 3 N–H and O–H groups in total. The van der Waals surface area contributed by atoms with Crippen LogP contribution in [-0.4, -0.2) is 12.6 Å². The topological polar surface area (TPSA) is 59.6 Å². The Morgan fingerprint density at radius 1 is 1.18 bits per heavy atom. The van der Waals surface area contributed by atoms with Crippen LogP contribution in [0.3, 0.4) is 0 Å². The Kier molecular flexibility index (Phi) is 4.39. The lowest BCUT2D eigenvalue weighted by Crippen LogP contribution is -2.24. The van der Waals surface area contributed by atoms with Gasteiger partial charge in [0.05, 0.1) is 0 Å². The highest BCUT2D eigenvalue weighted by molar-refractivity contribution is 5.92. The highest BCUT2D eigenvalue weighted by Gasteiger charge is 2.17. The monoisotopic (exact) mass is 295 g/mol. The Hall–Kier alpha value is -2.33. The number of nitrogens with one attached hydrogen (secondary N) is 1. The molecule has 0 aromatic heterocycles. The Labute approximate surface area is 131 Å². The standard InChI is InChI=1S/C18H21N3O/c1-13-15(11-19)7-8-17-16(13)12-22-18(21-17)20-10-9-14-5-3-2-4-6-14/h2-8H,9-12,19H2,1H3,(H,20,21). The van der Waals surface area contributed by atoms with Crippen molar-refractivity contribution in [1.29, 1.82) is 0 Å². The third-order valence-corrected chi connectivity index (χ3v) is 4.02. The van der Waals surface area contributed by atoms with E-state index in [2.05, 4.69) is 41.5 Å². The van der Waals surface area contributed by atoms with Gasteiger partial charge in [-0.15, -0.1) is 0 Å². The predicted octanol–water partition coefficient (Wildman–Crippen LogP) is 2.99. The maximum atomic E-state index is 5.75. The van der Waals surface area contributed by atoms with Gasteiger partial charge in [0.2, 0.25) is 0 Å². The maximum absolute atomic E-state index is 5.75. The Morgan fingerprint density at radius 2 is 2.00 bits per heavy atom. The molecule has 2 aromatic carbocycles. The number of nitrogens with two attached hydrogens (primary N) is 1. The van der Waals surface area contributed by atoms with Gasteiger partial charge >= 0.3 is 0 Å².